The summed E-state index contributed by atoms with van der Waals surface area (Å²) in [4.78, 5) is 16.9. The molecule has 0 N–H and O–H groups in total. The van der Waals surface area contributed by atoms with Crippen molar-refractivity contribution in [2.45, 2.75) is 26.4 Å². The van der Waals surface area contributed by atoms with E-state index < -0.39 is 5.97 Å². The molecule has 0 amide bonds. The Morgan fingerprint density at radius 2 is 1.76 bits per heavy atom. The zero-order valence-electron chi connectivity index (χ0n) is 17.9. The van der Waals surface area contributed by atoms with Crippen LogP contribution in [0.4, 0.5) is 0 Å². The van der Waals surface area contributed by atoms with E-state index in [9.17, 15) is 4.79 Å². The Labute approximate surface area is 228 Å². The number of hydrogen-bond acceptors (Lipinski definition) is 4. The van der Waals surface area contributed by atoms with Gasteiger partial charge in [0, 0.05) is 10.0 Å². The zero-order valence-corrected chi connectivity index (χ0v) is 23.8. The van der Waals surface area contributed by atoms with E-state index in [-0.39, 0.29) is 5.70 Å². The predicted molar refractivity (Wildman–Crippen MR) is 151 cm³/mol. The van der Waals surface area contributed by atoms with Crippen LogP contribution < -0.4 is 4.74 Å². The number of benzene rings is 3. The summed E-state index contributed by atoms with van der Waals surface area (Å²) in [5, 5.41) is 0. The standard InChI is InChI=1S/C26H20BrI2NO3/c1-15(2)18-6-8-19(9-7-18)25-30-23(26(31)33-25)13-17-11-21(28)24(22(29)12-17)32-14-16-4-3-5-20(27)10-16/h3-13,15H,14H2,1-2H3/b23-13-. The molecule has 4 rings (SSSR count). The van der Waals surface area contributed by atoms with E-state index in [0.29, 0.717) is 18.4 Å². The number of ether oxygens (including phenoxy) is 2. The second-order valence-electron chi connectivity index (χ2n) is 7.85. The third-order valence-corrected chi connectivity index (χ3v) is 7.14. The van der Waals surface area contributed by atoms with Crippen LogP contribution in [-0.4, -0.2) is 11.9 Å². The number of esters is 1. The zero-order chi connectivity index (χ0) is 23.5. The number of carbonyl (C=O) groups excluding carboxylic acids is 1. The van der Waals surface area contributed by atoms with Crippen LogP contribution in [0.5, 0.6) is 5.75 Å². The maximum absolute atomic E-state index is 12.4. The highest BCUT2D eigenvalue weighted by Gasteiger charge is 2.24. The van der Waals surface area contributed by atoms with E-state index in [1.54, 1.807) is 6.08 Å². The molecule has 0 radical (unpaired) electrons. The molecule has 0 saturated carbocycles. The van der Waals surface area contributed by atoms with E-state index in [1.807, 2.05) is 60.7 Å². The van der Waals surface area contributed by atoms with Gasteiger partial charge in [0.25, 0.3) is 0 Å². The molecular formula is C26H20BrI2NO3. The van der Waals surface area contributed by atoms with Gasteiger partial charge >= 0.3 is 5.97 Å². The molecule has 0 spiro atoms. The fourth-order valence-corrected chi connectivity index (χ4v) is 5.86. The highest BCUT2D eigenvalue weighted by molar-refractivity contribution is 14.1. The third-order valence-electron chi connectivity index (χ3n) is 5.04. The average molecular weight is 728 g/mol. The summed E-state index contributed by atoms with van der Waals surface area (Å²) in [6, 6.07) is 19.9. The van der Waals surface area contributed by atoms with Gasteiger partial charge in [0.2, 0.25) is 5.90 Å². The number of hydrogen-bond donors (Lipinski definition) is 0. The van der Waals surface area contributed by atoms with Gasteiger partial charge in [0.15, 0.2) is 5.70 Å². The Morgan fingerprint density at radius 1 is 1.06 bits per heavy atom. The van der Waals surface area contributed by atoms with E-state index in [2.05, 4.69) is 80.0 Å². The maximum Gasteiger partial charge on any atom is 0.363 e. The lowest BCUT2D eigenvalue weighted by atomic mass is 10.0. The molecule has 1 heterocycles. The van der Waals surface area contributed by atoms with Crippen molar-refractivity contribution < 1.29 is 14.3 Å². The lowest BCUT2D eigenvalue weighted by Crippen LogP contribution is -2.05. The minimum absolute atomic E-state index is 0.285. The summed E-state index contributed by atoms with van der Waals surface area (Å²) in [7, 11) is 0. The van der Waals surface area contributed by atoms with Crippen LogP contribution in [0.25, 0.3) is 6.08 Å². The van der Waals surface area contributed by atoms with Gasteiger partial charge < -0.3 is 9.47 Å². The van der Waals surface area contributed by atoms with Gasteiger partial charge in [-0.25, -0.2) is 9.79 Å². The SMILES string of the molecule is CC(C)c1ccc(C2=N/C(=C\c3cc(I)c(OCc4cccc(Br)c4)c(I)c3)C(=O)O2)cc1. The van der Waals surface area contributed by atoms with Crippen molar-refractivity contribution in [2.24, 2.45) is 4.99 Å². The van der Waals surface area contributed by atoms with Crippen LogP contribution in [0.15, 0.2) is 75.8 Å². The van der Waals surface area contributed by atoms with Crippen LogP contribution in [0.2, 0.25) is 0 Å². The van der Waals surface area contributed by atoms with E-state index in [1.165, 1.54) is 5.56 Å². The van der Waals surface area contributed by atoms with Crippen molar-refractivity contribution in [2.75, 3.05) is 0 Å². The van der Waals surface area contributed by atoms with E-state index >= 15 is 0 Å². The molecule has 0 saturated heterocycles. The van der Waals surface area contributed by atoms with Crippen molar-refractivity contribution >= 4 is 79.1 Å². The number of halogens is 3. The monoisotopic (exact) mass is 727 g/mol. The van der Waals surface area contributed by atoms with Gasteiger partial charge in [-0.05, 0) is 110 Å². The number of rotatable bonds is 6. The summed E-state index contributed by atoms with van der Waals surface area (Å²) in [5.41, 5.74) is 4.25. The first-order valence-electron chi connectivity index (χ1n) is 10.3. The first-order valence-corrected chi connectivity index (χ1v) is 13.2. The number of carbonyl (C=O) groups is 1. The average Bonchev–Trinajstić information content (AvgIpc) is 3.13. The molecule has 3 aromatic rings. The molecule has 0 unspecified atom stereocenters. The van der Waals surface area contributed by atoms with Crippen molar-refractivity contribution in [1.29, 1.82) is 0 Å². The van der Waals surface area contributed by atoms with Crippen molar-refractivity contribution in [3.63, 3.8) is 0 Å². The molecule has 7 heteroatoms. The molecule has 1 aliphatic heterocycles. The molecule has 4 nitrogen and oxygen atoms in total. The Kier molecular flexibility index (Phi) is 7.91. The molecule has 0 fully saturated rings. The van der Waals surface area contributed by atoms with Crippen LogP contribution in [-0.2, 0) is 16.1 Å². The van der Waals surface area contributed by atoms with Crippen LogP contribution in [0.1, 0.15) is 42.0 Å². The number of aliphatic imine (C=N–C) groups is 1. The number of cyclic esters (lactones) is 1. The fourth-order valence-electron chi connectivity index (χ4n) is 3.28. The largest absolute Gasteiger partial charge is 0.487 e. The van der Waals surface area contributed by atoms with Gasteiger partial charge in [0.1, 0.15) is 12.4 Å². The first-order chi connectivity index (χ1) is 15.8. The quantitative estimate of drug-likeness (QED) is 0.149. The molecule has 33 heavy (non-hydrogen) atoms. The smallest absolute Gasteiger partial charge is 0.363 e. The predicted octanol–water partition coefficient (Wildman–Crippen LogP) is 7.71. The highest BCUT2D eigenvalue weighted by Crippen LogP contribution is 2.31. The van der Waals surface area contributed by atoms with E-state index in [4.69, 9.17) is 9.47 Å². The molecule has 0 aromatic heterocycles. The Morgan fingerprint density at radius 3 is 2.39 bits per heavy atom. The highest BCUT2D eigenvalue weighted by atomic mass is 127. The van der Waals surface area contributed by atoms with Crippen molar-refractivity contribution in [3.8, 4) is 5.75 Å². The van der Waals surface area contributed by atoms with Crippen LogP contribution in [0.3, 0.4) is 0 Å². The molecule has 0 atom stereocenters. The van der Waals surface area contributed by atoms with Crippen LogP contribution >= 0.6 is 61.1 Å². The Hall–Kier alpha value is -1.72. The van der Waals surface area contributed by atoms with Gasteiger partial charge in [-0.2, -0.15) is 0 Å². The Balaban J connectivity index is 1.54. The molecule has 1 aliphatic rings. The third kappa shape index (κ3) is 6.05. The lowest BCUT2D eigenvalue weighted by Gasteiger charge is -2.12. The fraction of sp³-hybridized carbons (Fsp3) is 0.154. The topological polar surface area (TPSA) is 47.9 Å². The summed E-state index contributed by atoms with van der Waals surface area (Å²) < 4.78 is 14.4. The normalized spacial score (nSPS) is 14.5. The summed E-state index contributed by atoms with van der Waals surface area (Å²) in [5.74, 6) is 1.15. The minimum atomic E-state index is -0.446. The van der Waals surface area contributed by atoms with Gasteiger partial charge in [-0.1, -0.05) is 54.0 Å². The minimum Gasteiger partial charge on any atom is -0.487 e. The van der Waals surface area contributed by atoms with Gasteiger partial charge in [-0.15, -0.1) is 0 Å². The number of nitrogens with zero attached hydrogens (tertiary/aromatic N) is 1. The summed E-state index contributed by atoms with van der Waals surface area (Å²) in [6.07, 6.45) is 1.75. The summed E-state index contributed by atoms with van der Waals surface area (Å²) >= 11 is 8.00. The van der Waals surface area contributed by atoms with Crippen molar-refractivity contribution in [3.05, 3.63) is 100 Å². The molecule has 0 aliphatic carbocycles. The lowest BCUT2D eigenvalue weighted by molar-refractivity contribution is -0.129. The first kappa shape index (κ1) is 24.4. The second kappa shape index (κ2) is 10.7. The molecule has 3 aromatic carbocycles. The molecule has 0 bridgehead atoms. The summed E-state index contributed by atoms with van der Waals surface area (Å²) in [6.45, 7) is 4.76. The van der Waals surface area contributed by atoms with Crippen molar-refractivity contribution in [1.82, 2.24) is 0 Å². The Bertz CT molecular complexity index is 1240. The van der Waals surface area contributed by atoms with Gasteiger partial charge in [0.05, 0.1) is 7.14 Å². The van der Waals surface area contributed by atoms with E-state index in [0.717, 1.165) is 34.1 Å². The molecular weight excluding hydrogens is 708 g/mol. The van der Waals surface area contributed by atoms with Crippen LogP contribution in [0, 0.1) is 7.14 Å². The van der Waals surface area contributed by atoms with Gasteiger partial charge in [-0.3, -0.25) is 0 Å². The maximum atomic E-state index is 12.4. The second-order valence-corrected chi connectivity index (χ2v) is 11.1. The molecule has 168 valence electrons.